The number of carboxylic acid groups (broad SMARTS) is 1. The van der Waals surface area contributed by atoms with Crippen LogP contribution in [0.3, 0.4) is 0 Å². The Hall–Kier alpha value is -1.80. The predicted molar refractivity (Wildman–Crippen MR) is 96.8 cm³/mol. The Morgan fingerprint density at radius 3 is 2.30 bits per heavy atom. The molecule has 1 aromatic rings. The molecule has 1 atom stereocenters. The largest absolute Gasteiger partial charge is 0.494 e. The van der Waals surface area contributed by atoms with Crippen molar-refractivity contribution in [1.82, 2.24) is 9.80 Å². The van der Waals surface area contributed by atoms with Crippen LogP contribution in [-0.2, 0) is 0 Å². The van der Waals surface area contributed by atoms with E-state index in [9.17, 15) is 18.0 Å². The van der Waals surface area contributed by atoms with E-state index in [1.54, 1.807) is 12.1 Å². The van der Waals surface area contributed by atoms with Crippen molar-refractivity contribution in [3.05, 3.63) is 29.8 Å². The van der Waals surface area contributed by atoms with Crippen LogP contribution >= 0.6 is 0 Å². The molecule has 2 fully saturated rings. The third-order valence-corrected chi connectivity index (χ3v) is 5.50. The van der Waals surface area contributed by atoms with Gasteiger partial charge in [0.25, 0.3) is 0 Å². The predicted octanol–water partition coefficient (Wildman–Crippen LogP) is 4.31. The molecule has 1 aromatic carbocycles. The lowest BCUT2D eigenvalue weighted by atomic mass is 10.0. The number of halogens is 3. The van der Waals surface area contributed by atoms with E-state index >= 15 is 0 Å². The van der Waals surface area contributed by atoms with Gasteiger partial charge >= 0.3 is 12.4 Å². The normalized spacial score (nSPS) is 22.1. The summed E-state index contributed by atoms with van der Waals surface area (Å²) in [4.78, 5) is 15.3. The number of nitrogens with zero attached hydrogens (tertiary/aromatic N) is 3. The number of hydrogen-bond acceptors (Lipinski definition) is 3. The summed E-state index contributed by atoms with van der Waals surface area (Å²) in [7, 11) is 0. The van der Waals surface area contributed by atoms with E-state index in [-0.39, 0.29) is 11.7 Å². The van der Waals surface area contributed by atoms with E-state index in [2.05, 4.69) is 9.80 Å². The van der Waals surface area contributed by atoms with E-state index in [0.29, 0.717) is 0 Å². The maximum atomic E-state index is 12.9. The summed E-state index contributed by atoms with van der Waals surface area (Å²) in [6.45, 7) is 5.26. The lowest BCUT2D eigenvalue weighted by Gasteiger charge is -2.31. The SMILES string of the molecule is O=C(O)N(c1ccc(C2CCCN2CCN2CCCCC2)cc1)C(F)(F)F. The molecular weight excluding hydrogens is 359 g/mol. The average Bonchev–Trinajstić information content (AvgIpc) is 3.08. The van der Waals surface area contributed by atoms with Crippen LogP contribution in [0, 0.1) is 0 Å². The van der Waals surface area contributed by atoms with Crippen molar-refractivity contribution in [2.75, 3.05) is 37.6 Å². The molecule has 2 saturated heterocycles. The number of likely N-dealkylation sites (tertiary alicyclic amines) is 2. The van der Waals surface area contributed by atoms with Gasteiger partial charge in [-0.15, -0.1) is 13.2 Å². The summed E-state index contributed by atoms with van der Waals surface area (Å²) in [6.07, 6.45) is -1.13. The molecular formula is C19H26F3N3O2. The molecule has 1 N–H and O–H groups in total. The van der Waals surface area contributed by atoms with Crippen LogP contribution < -0.4 is 4.90 Å². The topological polar surface area (TPSA) is 47.0 Å². The van der Waals surface area contributed by atoms with Gasteiger partial charge < -0.3 is 10.0 Å². The molecule has 5 nitrogen and oxygen atoms in total. The van der Waals surface area contributed by atoms with Crippen molar-refractivity contribution in [1.29, 1.82) is 0 Å². The van der Waals surface area contributed by atoms with Crippen LogP contribution in [0.4, 0.5) is 23.7 Å². The van der Waals surface area contributed by atoms with Crippen molar-refractivity contribution >= 4 is 11.8 Å². The van der Waals surface area contributed by atoms with E-state index in [4.69, 9.17) is 5.11 Å². The number of rotatable bonds is 5. The monoisotopic (exact) mass is 385 g/mol. The summed E-state index contributed by atoms with van der Waals surface area (Å²) in [6, 6.07) is 5.94. The summed E-state index contributed by atoms with van der Waals surface area (Å²) >= 11 is 0. The van der Waals surface area contributed by atoms with Gasteiger partial charge in [0.2, 0.25) is 0 Å². The standard InChI is InChI=1S/C19H26F3N3O2/c20-19(21,22)25(18(26)27)16-8-6-15(7-9-16)17-5-4-12-24(17)14-13-23-10-2-1-3-11-23/h6-9,17H,1-5,10-14H2,(H,26,27). The lowest BCUT2D eigenvalue weighted by molar-refractivity contribution is -0.123. The molecule has 150 valence electrons. The minimum atomic E-state index is -4.96. The van der Waals surface area contributed by atoms with E-state index in [1.165, 1.54) is 31.4 Å². The highest BCUT2D eigenvalue weighted by molar-refractivity contribution is 5.86. The summed E-state index contributed by atoms with van der Waals surface area (Å²) in [5.74, 6) is 0. The van der Waals surface area contributed by atoms with Gasteiger partial charge in [-0.1, -0.05) is 18.6 Å². The van der Waals surface area contributed by atoms with Crippen molar-refractivity contribution in [3.8, 4) is 0 Å². The second-order valence-corrected chi connectivity index (χ2v) is 7.27. The number of hydrogen-bond donors (Lipinski definition) is 1. The van der Waals surface area contributed by atoms with Crippen LogP contribution in [0.1, 0.15) is 43.7 Å². The second-order valence-electron chi connectivity index (χ2n) is 7.27. The van der Waals surface area contributed by atoms with Crippen molar-refractivity contribution in [2.45, 2.75) is 44.4 Å². The first kappa shape index (κ1) is 19.9. The molecule has 0 bridgehead atoms. The maximum absolute atomic E-state index is 12.9. The minimum absolute atomic E-state index is 0.188. The van der Waals surface area contributed by atoms with Crippen LogP contribution in [0.2, 0.25) is 0 Å². The van der Waals surface area contributed by atoms with E-state index in [0.717, 1.165) is 51.1 Å². The molecule has 27 heavy (non-hydrogen) atoms. The Labute approximate surface area is 157 Å². The van der Waals surface area contributed by atoms with Gasteiger partial charge in [0.05, 0.1) is 5.69 Å². The highest BCUT2D eigenvalue weighted by Gasteiger charge is 2.42. The number of anilines is 1. The Morgan fingerprint density at radius 1 is 1.04 bits per heavy atom. The first-order valence-electron chi connectivity index (χ1n) is 9.52. The molecule has 0 radical (unpaired) electrons. The quantitative estimate of drug-likeness (QED) is 0.767. The molecule has 0 saturated carbocycles. The smallest absolute Gasteiger partial charge is 0.464 e. The van der Waals surface area contributed by atoms with Crippen LogP contribution in [0.5, 0.6) is 0 Å². The van der Waals surface area contributed by atoms with Crippen LogP contribution in [0.25, 0.3) is 0 Å². The van der Waals surface area contributed by atoms with Crippen molar-refractivity contribution in [3.63, 3.8) is 0 Å². The first-order chi connectivity index (χ1) is 12.9. The Kier molecular flexibility index (Phi) is 6.26. The van der Waals surface area contributed by atoms with Gasteiger partial charge in [-0.3, -0.25) is 4.90 Å². The van der Waals surface area contributed by atoms with Gasteiger partial charge in [0.1, 0.15) is 0 Å². The fraction of sp³-hybridized carbons (Fsp3) is 0.632. The highest BCUT2D eigenvalue weighted by atomic mass is 19.4. The highest BCUT2D eigenvalue weighted by Crippen LogP contribution is 2.34. The van der Waals surface area contributed by atoms with Gasteiger partial charge in [0.15, 0.2) is 0 Å². The number of carbonyl (C=O) groups is 1. The van der Waals surface area contributed by atoms with E-state index in [1.807, 2.05) is 0 Å². The molecule has 0 spiro atoms. The fourth-order valence-electron chi connectivity index (χ4n) is 4.13. The summed E-state index contributed by atoms with van der Waals surface area (Å²) in [5.41, 5.74) is 0.569. The van der Waals surface area contributed by atoms with Gasteiger partial charge in [0, 0.05) is 19.1 Å². The van der Waals surface area contributed by atoms with Crippen LogP contribution in [0.15, 0.2) is 24.3 Å². The summed E-state index contributed by atoms with van der Waals surface area (Å²) in [5, 5.41) is 8.87. The fourth-order valence-corrected chi connectivity index (χ4v) is 4.13. The third-order valence-electron chi connectivity index (χ3n) is 5.50. The number of benzene rings is 1. The zero-order valence-corrected chi connectivity index (χ0v) is 15.3. The van der Waals surface area contributed by atoms with E-state index < -0.39 is 17.3 Å². The molecule has 2 heterocycles. The van der Waals surface area contributed by atoms with Crippen LogP contribution in [-0.4, -0.2) is 60.0 Å². The Balaban J connectivity index is 1.65. The van der Waals surface area contributed by atoms with Gasteiger partial charge in [-0.25, -0.2) is 4.79 Å². The molecule has 2 aliphatic rings. The molecule has 8 heteroatoms. The maximum Gasteiger partial charge on any atom is 0.494 e. The number of amides is 1. The molecule has 1 unspecified atom stereocenters. The Bertz CT molecular complexity index is 630. The van der Waals surface area contributed by atoms with Crippen molar-refractivity contribution < 1.29 is 23.1 Å². The number of piperidine rings is 1. The van der Waals surface area contributed by atoms with Gasteiger partial charge in [-0.05, 0) is 63.0 Å². The average molecular weight is 385 g/mol. The molecule has 0 aliphatic carbocycles. The molecule has 0 aromatic heterocycles. The zero-order valence-electron chi connectivity index (χ0n) is 15.3. The summed E-state index contributed by atoms with van der Waals surface area (Å²) < 4.78 is 38.8. The number of alkyl halides is 3. The Morgan fingerprint density at radius 2 is 1.70 bits per heavy atom. The zero-order chi connectivity index (χ0) is 19.4. The second kappa shape index (κ2) is 8.48. The molecule has 3 rings (SSSR count). The lowest BCUT2D eigenvalue weighted by Crippen LogP contribution is -2.42. The molecule has 1 amide bonds. The minimum Gasteiger partial charge on any atom is -0.464 e. The van der Waals surface area contributed by atoms with Crippen molar-refractivity contribution in [2.24, 2.45) is 0 Å². The molecule has 2 aliphatic heterocycles. The van der Waals surface area contributed by atoms with Gasteiger partial charge in [-0.2, -0.15) is 4.90 Å². The third kappa shape index (κ3) is 4.93. The first-order valence-corrected chi connectivity index (χ1v) is 9.52.